The molecule has 1 aromatic rings. The van der Waals surface area contributed by atoms with Gasteiger partial charge in [0, 0.05) is 11.3 Å². The predicted molar refractivity (Wildman–Crippen MR) is 75.3 cm³/mol. The number of benzene rings is 1. The van der Waals surface area contributed by atoms with Crippen LogP contribution in [0.5, 0.6) is 5.75 Å². The third-order valence-corrected chi connectivity index (χ3v) is 4.02. The third-order valence-electron chi connectivity index (χ3n) is 3.10. The quantitative estimate of drug-likeness (QED) is 0.588. The number of ether oxygens (including phenoxy) is 1. The van der Waals surface area contributed by atoms with Gasteiger partial charge in [0.2, 0.25) is 0 Å². The van der Waals surface area contributed by atoms with Crippen molar-refractivity contribution in [2.45, 2.75) is 50.3 Å². The molecule has 0 unspecified atom stereocenters. The summed E-state index contributed by atoms with van der Waals surface area (Å²) in [5.41, 5.74) is 1.24. The fourth-order valence-electron chi connectivity index (χ4n) is 2.10. The van der Waals surface area contributed by atoms with Gasteiger partial charge in [-0.1, -0.05) is 31.5 Å². The van der Waals surface area contributed by atoms with Crippen LogP contribution in [-0.2, 0) is 11.2 Å². The van der Waals surface area contributed by atoms with Crippen molar-refractivity contribution in [3.05, 3.63) is 23.8 Å². The van der Waals surface area contributed by atoms with Crippen molar-refractivity contribution in [1.29, 1.82) is 0 Å². The lowest BCUT2D eigenvalue weighted by atomic mass is 10.1. The van der Waals surface area contributed by atoms with Crippen LogP contribution in [0.2, 0.25) is 0 Å². The molecule has 2 rings (SSSR count). The number of hydrogen-bond donors (Lipinski definition) is 0. The van der Waals surface area contributed by atoms with E-state index in [9.17, 15) is 4.79 Å². The lowest BCUT2D eigenvalue weighted by Gasteiger charge is -2.17. The maximum Gasteiger partial charge on any atom is 0.193 e. The third kappa shape index (κ3) is 3.77. The molecule has 0 saturated carbocycles. The molecule has 1 aliphatic heterocycles. The van der Waals surface area contributed by atoms with Crippen molar-refractivity contribution in [2.24, 2.45) is 0 Å². The van der Waals surface area contributed by atoms with Gasteiger partial charge >= 0.3 is 0 Å². The second-order valence-corrected chi connectivity index (χ2v) is 5.78. The van der Waals surface area contributed by atoms with Crippen LogP contribution in [0, 0.1) is 0 Å². The Labute approximate surface area is 113 Å². The molecule has 0 bridgehead atoms. The highest BCUT2D eigenvalue weighted by Crippen LogP contribution is 2.30. The summed E-state index contributed by atoms with van der Waals surface area (Å²) in [6, 6.07) is 6.10. The maximum absolute atomic E-state index is 11.8. The van der Waals surface area contributed by atoms with E-state index in [0.29, 0.717) is 6.42 Å². The Kier molecular flexibility index (Phi) is 5.12. The van der Waals surface area contributed by atoms with E-state index in [2.05, 4.69) is 13.0 Å². The van der Waals surface area contributed by atoms with Gasteiger partial charge in [0.05, 0.1) is 6.61 Å². The molecule has 1 heterocycles. The van der Waals surface area contributed by atoms with Gasteiger partial charge in [-0.2, -0.15) is 0 Å². The van der Waals surface area contributed by atoms with E-state index in [4.69, 9.17) is 4.74 Å². The first-order chi connectivity index (χ1) is 8.79. The summed E-state index contributed by atoms with van der Waals surface area (Å²) in [5.74, 6) is 0.990. The fraction of sp³-hybridized carbons (Fsp3) is 0.533. The molecule has 98 valence electrons. The topological polar surface area (TPSA) is 26.3 Å². The van der Waals surface area contributed by atoms with Crippen LogP contribution in [-0.4, -0.2) is 11.7 Å². The van der Waals surface area contributed by atoms with Crippen molar-refractivity contribution in [3.63, 3.8) is 0 Å². The van der Waals surface area contributed by atoms with Gasteiger partial charge in [0.15, 0.2) is 5.12 Å². The maximum atomic E-state index is 11.8. The summed E-state index contributed by atoms with van der Waals surface area (Å²) >= 11 is 1.37. The molecule has 0 radical (unpaired) electrons. The van der Waals surface area contributed by atoms with Gasteiger partial charge in [-0.15, -0.1) is 0 Å². The Morgan fingerprint density at radius 1 is 1.39 bits per heavy atom. The standard InChI is InChI=1S/C15H20O2S/c1-2-3-4-7-15(16)18-13-8-9-14-12(11-13)6-5-10-17-14/h8-9,11H,2-7,10H2,1H3. The van der Waals surface area contributed by atoms with Gasteiger partial charge in [0.1, 0.15) is 5.75 Å². The number of rotatable bonds is 5. The van der Waals surface area contributed by atoms with Crippen molar-refractivity contribution >= 4 is 16.9 Å². The van der Waals surface area contributed by atoms with E-state index >= 15 is 0 Å². The zero-order valence-corrected chi connectivity index (χ0v) is 11.7. The van der Waals surface area contributed by atoms with Gasteiger partial charge in [0.25, 0.3) is 0 Å². The Bertz CT molecular complexity index is 415. The average molecular weight is 264 g/mol. The van der Waals surface area contributed by atoms with Crippen LogP contribution in [0.1, 0.15) is 44.6 Å². The minimum Gasteiger partial charge on any atom is -0.493 e. The number of hydrogen-bond acceptors (Lipinski definition) is 3. The molecule has 0 saturated heterocycles. The van der Waals surface area contributed by atoms with E-state index in [1.165, 1.54) is 17.3 Å². The van der Waals surface area contributed by atoms with E-state index in [0.717, 1.165) is 49.4 Å². The molecule has 18 heavy (non-hydrogen) atoms. The first-order valence-corrected chi connectivity index (χ1v) is 7.57. The average Bonchev–Trinajstić information content (AvgIpc) is 2.39. The summed E-state index contributed by atoms with van der Waals surface area (Å²) < 4.78 is 5.57. The van der Waals surface area contributed by atoms with Crippen LogP contribution in [0.4, 0.5) is 0 Å². The highest BCUT2D eigenvalue weighted by Gasteiger charge is 2.12. The van der Waals surface area contributed by atoms with Gasteiger partial charge in [-0.05, 0) is 43.0 Å². The van der Waals surface area contributed by atoms with E-state index in [1.54, 1.807) is 0 Å². The Balaban J connectivity index is 1.91. The molecular formula is C15H20O2S. The summed E-state index contributed by atoms with van der Waals surface area (Å²) in [6.45, 7) is 2.97. The molecule has 0 aliphatic carbocycles. The van der Waals surface area contributed by atoms with Gasteiger partial charge in [-0.25, -0.2) is 0 Å². The second kappa shape index (κ2) is 6.83. The smallest absolute Gasteiger partial charge is 0.193 e. The number of fused-ring (bicyclic) bond motifs is 1. The Morgan fingerprint density at radius 2 is 2.28 bits per heavy atom. The number of thioether (sulfide) groups is 1. The van der Waals surface area contributed by atoms with Crippen molar-refractivity contribution in [3.8, 4) is 5.75 Å². The van der Waals surface area contributed by atoms with Crippen LogP contribution in [0.25, 0.3) is 0 Å². The molecule has 0 N–H and O–H groups in total. The van der Waals surface area contributed by atoms with Crippen molar-refractivity contribution < 1.29 is 9.53 Å². The van der Waals surface area contributed by atoms with Crippen LogP contribution in [0.15, 0.2) is 23.1 Å². The highest BCUT2D eigenvalue weighted by atomic mass is 32.2. The molecule has 0 spiro atoms. The van der Waals surface area contributed by atoms with Crippen LogP contribution >= 0.6 is 11.8 Å². The Hall–Kier alpha value is -0.960. The van der Waals surface area contributed by atoms with Gasteiger partial charge < -0.3 is 4.74 Å². The lowest BCUT2D eigenvalue weighted by Crippen LogP contribution is -2.08. The highest BCUT2D eigenvalue weighted by molar-refractivity contribution is 8.13. The normalized spacial score (nSPS) is 13.8. The minimum atomic E-state index is 0.278. The number of carbonyl (C=O) groups excluding carboxylic acids is 1. The van der Waals surface area contributed by atoms with E-state index in [1.807, 2.05) is 12.1 Å². The summed E-state index contributed by atoms with van der Waals surface area (Å²) in [4.78, 5) is 12.8. The molecule has 3 heteroatoms. The first kappa shape index (κ1) is 13.5. The zero-order valence-electron chi connectivity index (χ0n) is 10.9. The molecule has 2 nitrogen and oxygen atoms in total. The van der Waals surface area contributed by atoms with E-state index < -0.39 is 0 Å². The molecular weight excluding hydrogens is 244 g/mol. The van der Waals surface area contributed by atoms with Crippen LogP contribution in [0.3, 0.4) is 0 Å². The van der Waals surface area contributed by atoms with Crippen molar-refractivity contribution in [2.75, 3.05) is 6.61 Å². The largest absolute Gasteiger partial charge is 0.493 e. The zero-order chi connectivity index (χ0) is 12.8. The second-order valence-electron chi connectivity index (χ2n) is 4.65. The molecule has 1 aliphatic rings. The number of aryl methyl sites for hydroxylation is 1. The summed E-state index contributed by atoms with van der Waals surface area (Å²) in [6.07, 6.45) is 6.14. The molecule has 0 fully saturated rings. The van der Waals surface area contributed by atoms with Crippen molar-refractivity contribution in [1.82, 2.24) is 0 Å². The first-order valence-electron chi connectivity index (χ1n) is 6.76. The monoisotopic (exact) mass is 264 g/mol. The minimum absolute atomic E-state index is 0.278. The summed E-state index contributed by atoms with van der Waals surface area (Å²) in [5, 5.41) is 0.278. The molecule has 0 aromatic heterocycles. The molecule has 0 atom stereocenters. The van der Waals surface area contributed by atoms with Gasteiger partial charge in [-0.3, -0.25) is 4.79 Å². The summed E-state index contributed by atoms with van der Waals surface area (Å²) in [7, 11) is 0. The van der Waals surface area contributed by atoms with Crippen LogP contribution < -0.4 is 4.74 Å². The molecule has 0 amide bonds. The fourth-order valence-corrected chi connectivity index (χ4v) is 2.95. The predicted octanol–water partition coefficient (Wildman–Crippen LogP) is 4.21. The Morgan fingerprint density at radius 3 is 3.11 bits per heavy atom. The number of carbonyl (C=O) groups is 1. The number of unbranched alkanes of at least 4 members (excludes halogenated alkanes) is 2. The molecule has 1 aromatic carbocycles. The lowest BCUT2D eigenvalue weighted by molar-refractivity contribution is -0.111. The SMILES string of the molecule is CCCCCC(=O)Sc1ccc2c(c1)CCCO2. The van der Waals surface area contributed by atoms with E-state index in [-0.39, 0.29) is 5.12 Å².